The van der Waals surface area contributed by atoms with Gasteiger partial charge in [-0.1, -0.05) is 26.0 Å². The van der Waals surface area contributed by atoms with Crippen molar-refractivity contribution in [2.75, 3.05) is 26.7 Å². The zero-order chi connectivity index (χ0) is 15.5. The Labute approximate surface area is 127 Å². The predicted molar refractivity (Wildman–Crippen MR) is 83.8 cm³/mol. The zero-order valence-electron chi connectivity index (χ0n) is 12.9. The van der Waals surface area contributed by atoms with Gasteiger partial charge in [-0.15, -0.1) is 0 Å². The van der Waals surface area contributed by atoms with Crippen molar-refractivity contribution >= 4 is 10.0 Å². The predicted octanol–water partition coefficient (Wildman–Crippen LogP) is 1.45. The molecule has 118 valence electrons. The van der Waals surface area contributed by atoms with Crippen molar-refractivity contribution in [3.8, 4) is 5.75 Å². The van der Waals surface area contributed by atoms with Crippen LogP contribution in [0.4, 0.5) is 0 Å². The molecule has 0 aliphatic carbocycles. The van der Waals surface area contributed by atoms with E-state index in [0.717, 1.165) is 25.2 Å². The molecule has 1 aliphatic rings. The van der Waals surface area contributed by atoms with Gasteiger partial charge in [0.25, 0.3) is 0 Å². The van der Waals surface area contributed by atoms with Gasteiger partial charge in [-0.2, -0.15) is 0 Å². The van der Waals surface area contributed by atoms with E-state index < -0.39 is 10.0 Å². The Morgan fingerprint density at radius 3 is 2.76 bits per heavy atom. The van der Waals surface area contributed by atoms with Gasteiger partial charge in [0.2, 0.25) is 10.0 Å². The van der Waals surface area contributed by atoms with Crippen molar-refractivity contribution < 1.29 is 13.2 Å². The number of rotatable bonds is 6. The molecule has 2 rings (SSSR count). The number of likely N-dealkylation sites (N-methyl/N-ethyl adjacent to an activating group) is 1. The molecule has 0 saturated carbocycles. The maximum atomic E-state index is 12.3. The molecule has 5 nitrogen and oxygen atoms in total. The van der Waals surface area contributed by atoms with Crippen molar-refractivity contribution in [1.29, 1.82) is 0 Å². The molecule has 0 spiro atoms. The molecule has 1 heterocycles. The van der Waals surface area contributed by atoms with Crippen LogP contribution < -0.4 is 9.46 Å². The summed E-state index contributed by atoms with van der Waals surface area (Å²) in [6.07, 6.45) is 0. The SMILES string of the molecule is CCN1C[C@H](NS(=O)(=O)Cc2cccc(OC)c2)[C@@H](C)C1. The molecular weight excluding hydrogens is 288 g/mol. The lowest BCUT2D eigenvalue weighted by Gasteiger charge is -2.17. The van der Waals surface area contributed by atoms with Crippen LogP contribution in [0.2, 0.25) is 0 Å². The third-order valence-electron chi connectivity index (χ3n) is 3.96. The molecule has 1 aromatic carbocycles. The summed E-state index contributed by atoms with van der Waals surface area (Å²) in [6, 6.07) is 7.18. The number of hydrogen-bond donors (Lipinski definition) is 1. The average molecular weight is 312 g/mol. The van der Waals surface area contributed by atoms with Gasteiger partial charge in [0.05, 0.1) is 12.9 Å². The summed E-state index contributed by atoms with van der Waals surface area (Å²) in [7, 11) is -1.77. The van der Waals surface area contributed by atoms with E-state index in [-0.39, 0.29) is 11.8 Å². The molecule has 1 fully saturated rings. The van der Waals surface area contributed by atoms with Crippen molar-refractivity contribution in [2.45, 2.75) is 25.6 Å². The first-order valence-electron chi connectivity index (χ1n) is 7.29. The van der Waals surface area contributed by atoms with Crippen LogP contribution >= 0.6 is 0 Å². The number of benzene rings is 1. The Hall–Kier alpha value is -1.11. The van der Waals surface area contributed by atoms with E-state index in [9.17, 15) is 8.42 Å². The molecule has 0 amide bonds. The highest BCUT2D eigenvalue weighted by Crippen LogP contribution is 2.19. The first-order chi connectivity index (χ1) is 9.93. The van der Waals surface area contributed by atoms with Crippen LogP contribution in [0.1, 0.15) is 19.4 Å². The fourth-order valence-electron chi connectivity index (χ4n) is 2.73. The summed E-state index contributed by atoms with van der Waals surface area (Å²) in [4.78, 5) is 2.27. The second-order valence-electron chi connectivity index (χ2n) is 5.66. The van der Waals surface area contributed by atoms with Crippen LogP contribution in [0, 0.1) is 5.92 Å². The molecular formula is C15H24N2O3S. The third-order valence-corrected chi connectivity index (χ3v) is 5.33. The lowest BCUT2D eigenvalue weighted by Crippen LogP contribution is -2.40. The molecule has 0 unspecified atom stereocenters. The van der Waals surface area contributed by atoms with Gasteiger partial charge < -0.3 is 9.64 Å². The summed E-state index contributed by atoms with van der Waals surface area (Å²) in [6.45, 7) is 6.88. The van der Waals surface area contributed by atoms with E-state index >= 15 is 0 Å². The molecule has 1 saturated heterocycles. The van der Waals surface area contributed by atoms with Gasteiger partial charge in [0.1, 0.15) is 5.75 Å². The van der Waals surface area contributed by atoms with Crippen molar-refractivity contribution in [3.63, 3.8) is 0 Å². The van der Waals surface area contributed by atoms with E-state index in [1.165, 1.54) is 0 Å². The summed E-state index contributed by atoms with van der Waals surface area (Å²) >= 11 is 0. The minimum Gasteiger partial charge on any atom is -0.497 e. The Bertz CT molecular complexity index is 574. The Balaban J connectivity index is 2.02. The number of likely N-dealkylation sites (tertiary alicyclic amines) is 1. The van der Waals surface area contributed by atoms with Gasteiger partial charge in [0, 0.05) is 19.1 Å². The topological polar surface area (TPSA) is 58.6 Å². The number of nitrogens with one attached hydrogen (secondary N) is 1. The van der Waals surface area contributed by atoms with Crippen LogP contribution in [0.5, 0.6) is 5.75 Å². The number of sulfonamides is 1. The Kier molecular flexibility index (Phi) is 5.24. The first-order valence-corrected chi connectivity index (χ1v) is 8.94. The second-order valence-corrected chi connectivity index (χ2v) is 7.42. The molecule has 0 radical (unpaired) electrons. The lowest BCUT2D eigenvalue weighted by atomic mass is 10.1. The van der Waals surface area contributed by atoms with E-state index in [1.54, 1.807) is 25.3 Å². The molecule has 1 aliphatic heterocycles. The Morgan fingerprint density at radius 1 is 1.38 bits per heavy atom. The van der Waals surface area contributed by atoms with Crippen LogP contribution in [0.15, 0.2) is 24.3 Å². The number of methoxy groups -OCH3 is 1. The summed E-state index contributed by atoms with van der Waals surface area (Å²) in [5.41, 5.74) is 0.736. The Morgan fingerprint density at radius 2 is 2.14 bits per heavy atom. The number of hydrogen-bond acceptors (Lipinski definition) is 4. The van der Waals surface area contributed by atoms with Crippen molar-refractivity contribution in [1.82, 2.24) is 9.62 Å². The van der Waals surface area contributed by atoms with E-state index in [4.69, 9.17) is 4.74 Å². The molecule has 21 heavy (non-hydrogen) atoms. The fourth-order valence-corrected chi connectivity index (χ4v) is 4.20. The minimum atomic E-state index is -3.34. The average Bonchev–Trinajstić information content (AvgIpc) is 2.78. The van der Waals surface area contributed by atoms with Gasteiger partial charge in [-0.3, -0.25) is 0 Å². The second kappa shape index (κ2) is 6.77. The summed E-state index contributed by atoms with van der Waals surface area (Å²) < 4.78 is 32.6. The smallest absolute Gasteiger partial charge is 0.216 e. The maximum Gasteiger partial charge on any atom is 0.216 e. The largest absolute Gasteiger partial charge is 0.497 e. The van der Waals surface area contributed by atoms with E-state index in [2.05, 4.69) is 23.5 Å². The normalized spacial score (nSPS) is 23.4. The summed E-state index contributed by atoms with van der Waals surface area (Å²) in [5.74, 6) is 0.999. The van der Waals surface area contributed by atoms with E-state index in [0.29, 0.717) is 11.7 Å². The van der Waals surface area contributed by atoms with Gasteiger partial charge in [-0.25, -0.2) is 13.1 Å². The highest BCUT2D eigenvalue weighted by atomic mass is 32.2. The standard InChI is InChI=1S/C15H24N2O3S/c1-4-17-9-12(2)15(10-17)16-21(18,19)11-13-6-5-7-14(8-13)20-3/h5-8,12,15-16H,4,9-11H2,1-3H3/t12-,15-/m0/s1. The highest BCUT2D eigenvalue weighted by molar-refractivity contribution is 7.88. The molecule has 0 bridgehead atoms. The first kappa shape index (κ1) is 16.3. The van der Waals surface area contributed by atoms with E-state index in [1.807, 2.05) is 6.07 Å². The quantitative estimate of drug-likeness (QED) is 0.864. The van der Waals surface area contributed by atoms with Crippen molar-refractivity contribution in [2.24, 2.45) is 5.92 Å². The maximum absolute atomic E-state index is 12.3. The summed E-state index contributed by atoms with van der Waals surface area (Å²) in [5, 5.41) is 0. The zero-order valence-corrected chi connectivity index (χ0v) is 13.7. The van der Waals surface area contributed by atoms with Crippen molar-refractivity contribution in [3.05, 3.63) is 29.8 Å². The lowest BCUT2D eigenvalue weighted by molar-refractivity contribution is 0.344. The number of nitrogens with zero attached hydrogens (tertiary/aromatic N) is 1. The molecule has 1 N–H and O–H groups in total. The molecule has 2 atom stereocenters. The van der Waals surface area contributed by atoms with Crippen LogP contribution in [0.25, 0.3) is 0 Å². The van der Waals surface area contributed by atoms with Gasteiger partial charge in [0.15, 0.2) is 0 Å². The fraction of sp³-hybridized carbons (Fsp3) is 0.600. The van der Waals surface area contributed by atoms with Gasteiger partial charge in [-0.05, 0) is 30.2 Å². The third kappa shape index (κ3) is 4.43. The van der Waals surface area contributed by atoms with Crippen LogP contribution in [-0.2, 0) is 15.8 Å². The highest BCUT2D eigenvalue weighted by Gasteiger charge is 2.31. The molecule has 0 aromatic heterocycles. The molecule has 6 heteroatoms. The van der Waals surface area contributed by atoms with Gasteiger partial charge >= 0.3 is 0 Å². The monoisotopic (exact) mass is 312 g/mol. The number of ether oxygens (including phenoxy) is 1. The van der Waals surface area contributed by atoms with Crippen LogP contribution in [0.3, 0.4) is 0 Å². The van der Waals surface area contributed by atoms with Crippen LogP contribution in [-0.4, -0.2) is 46.1 Å². The molecule has 1 aromatic rings. The minimum absolute atomic E-state index is 0.000516.